The maximum atomic E-state index is 12.3. The molecule has 4 heteroatoms. The summed E-state index contributed by atoms with van der Waals surface area (Å²) in [7, 11) is 1.82. The van der Waals surface area contributed by atoms with Crippen LogP contribution in [0.2, 0.25) is 0 Å². The summed E-state index contributed by atoms with van der Waals surface area (Å²) in [6, 6.07) is 21.2. The normalized spacial score (nSPS) is 10.5. The van der Waals surface area contributed by atoms with Gasteiger partial charge >= 0.3 is 0 Å². The molecular weight excluding hydrogens is 300 g/mol. The van der Waals surface area contributed by atoms with Crippen molar-refractivity contribution in [1.29, 1.82) is 0 Å². The summed E-state index contributed by atoms with van der Waals surface area (Å²) >= 11 is 0. The van der Waals surface area contributed by atoms with Crippen molar-refractivity contribution in [2.45, 2.75) is 12.8 Å². The maximum Gasteiger partial charge on any atom is 0.253 e. The zero-order valence-electron chi connectivity index (χ0n) is 13.7. The highest BCUT2D eigenvalue weighted by atomic mass is 16.5. The Morgan fingerprint density at radius 2 is 1.71 bits per heavy atom. The van der Waals surface area contributed by atoms with Crippen molar-refractivity contribution in [1.82, 2.24) is 10.1 Å². The number of aryl methyl sites for hydroxylation is 1. The lowest BCUT2D eigenvalue weighted by atomic mass is 10.1. The topological polar surface area (TPSA) is 46.3 Å². The van der Waals surface area contributed by atoms with E-state index in [1.807, 2.05) is 73.8 Å². The fourth-order valence-corrected chi connectivity index (χ4v) is 2.57. The number of benzene rings is 2. The zero-order valence-corrected chi connectivity index (χ0v) is 13.7. The van der Waals surface area contributed by atoms with Gasteiger partial charge in [-0.15, -0.1) is 0 Å². The van der Waals surface area contributed by atoms with Crippen molar-refractivity contribution in [2.75, 3.05) is 13.6 Å². The van der Waals surface area contributed by atoms with Crippen LogP contribution in [0.3, 0.4) is 0 Å². The van der Waals surface area contributed by atoms with Gasteiger partial charge in [0.2, 0.25) is 0 Å². The number of carbonyl (C=O) groups excluding carboxylic acids is 1. The maximum absolute atomic E-state index is 12.3. The van der Waals surface area contributed by atoms with Crippen molar-refractivity contribution in [3.05, 3.63) is 78.1 Å². The molecule has 0 saturated heterocycles. The van der Waals surface area contributed by atoms with E-state index < -0.39 is 0 Å². The van der Waals surface area contributed by atoms with Crippen molar-refractivity contribution in [3.8, 4) is 11.3 Å². The number of hydrogen-bond acceptors (Lipinski definition) is 3. The van der Waals surface area contributed by atoms with Crippen LogP contribution in [-0.4, -0.2) is 29.6 Å². The molecule has 3 aromatic rings. The van der Waals surface area contributed by atoms with Crippen LogP contribution >= 0.6 is 0 Å². The molecule has 4 nitrogen and oxygen atoms in total. The lowest BCUT2D eigenvalue weighted by Crippen LogP contribution is -2.27. The van der Waals surface area contributed by atoms with Crippen molar-refractivity contribution in [2.24, 2.45) is 0 Å². The Morgan fingerprint density at radius 1 is 1.04 bits per heavy atom. The van der Waals surface area contributed by atoms with E-state index in [2.05, 4.69) is 5.16 Å². The molecule has 0 radical (unpaired) electrons. The second-order valence-electron chi connectivity index (χ2n) is 5.74. The van der Waals surface area contributed by atoms with E-state index in [0.29, 0.717) is 12.1 Å². The van der Waals surface area contributed by atoms with E-state index in [1.54, 1.807) is 4.90 Å². The van der Waals surface area contributed by atoms with Gasteiger partial charge in [-0.3, -0.25) is 4.79 Å². The minimum Gasteiger partial charge on any atom is -0.361 e. The van der Waals surface area contributed by atoms with E-state index >= 15 is 0 Å². The second-order valence-corrected chi connectivity index (χ2v) is 5.74. The molecule has 2 aromatic carbocycles. The molecule has 0 atom stereocenters. The quantitative estimate of drug-likeness (QED) is 0.688. The summed E-state index contributed by atoms with van der Waals surface area (Å²) in [5, 5.41) is 4.11. The van der Waals surface area contributed by atoms with Crippen LogP contribution < -0.4 is 0 Å². The summed E-state index contributed by atoms with van der Waals surface area (Å²) in [4.78, 5) is 14.0. The van der Waals surface area contributed by atoms with Crippen LogP contribution in [0.1, 0.15) is 22.5 Å². The summed E-state index contributed by atoms with van der Waals surface area (Å²) in [5.74, 6) is 0.882. The van der Waals surface area contributed by atoms with Crippen LogP contribution in [0.25, 0.3) is 11.3 Å². The fraction of sp³-hybridized carbons (Fsp3) is 0.200. The largest absolute Gasteiger partial charge is 0.361 e. The molecule has 1 amide bonds. The first-order valence-corrected chi connectivity index (χ1v) is 8.05. The Morgan fingerprint density at radius 3 is 2.42 bits per heavy atom. The molecule has 0 fully saturated rings. The monoisotopic (exact) mass is 320 g/mol. The highest BCUT2D eigenvalue weighted by molar-refractivity contribution is 5.93. The smallest absolute Gasteiger partial charge is 0.253 e. The Kier molecular flexibility index (Phi) is 5.06. The molecule has 0 N–H and O–H groups in total. The summed E-state index contributed by atoms with van der Waals surface area (Å²) < 4.78 is 5.39. The van der Waals surface area contributed by atoms with E-state index in [9.17, 15) is 4.79 Å². The molecule has 24 heavy (non-hydrogen) atoms. The number of carbonyl (C=O) groups is 1. The number of aromatic nitrogens is 1. The van der Waals surface area contributed by atoms with Crippen molar-refractivity contribution < 1.29 is 9.32 Å². The molecule has 0 saturated carbocycles. The Hall–Kier alpha value is -2.88. The minimum atomic E-state index is 0.0399. The molecule has 0 aliphatic heterocycles. The number of hydrogen-bond donors (Lipinski definition) is 0. The van der Waals surface area contributed by atoms with Gasteiger partial charge in [0.05, 0.1) is 0 Å². The van der Waals surface area contributed by atoms with Gasteiger partial charge < -0.3 is 9.42 Å². The fourth-order valence-electron chi connectivity index (χ4n) is 2.57. The van der Waals surface area contributed by atoms with Gasteiger partial charge in [0, 0.05) is 37.2 Å². The summed E-state index contributed by atoms with van der Waals surface area (Å²) in [6.45, 7) is 0.676. The molecule has 1 aromatic heterocycles. The predicted molar refractivity (Wildman–Crippen MR) is 93.7 cm³/mol. The zero-order chi connectivity index (χ0) is 16.8. The average molecular weight is 320 g/mol. The molecule has 122 valence electrons. The standard InChI is InChI=1S/C20H20N2O2/c1-22(20(23)17-11-6-3-7-12-17)14-8-13-18-15-19(21-24-18)16-9-4-2-5-10-16/h2-7,9-12,15H,8,13-14H2,1H3. The molecule has 1 heterocycles. The third kappa shape index (κ3) is 3.90. The van der Waals surface area contributed by atoms with Gasteiger partial charge in [-0.25, -0.2) is 0 Å². The molecule has 0 aliphatic carbocycles. The number of rotatable bonds is 6. The van der Waals surface area contributed by atoms with E-state index in [-0.39, 0.29) is 5.91 Å². The predicted octanol–water partition coefficient (Wildman–Crippen LogP) is 4.05. The molecule has 0 bridgehead atoms. The lowest BCUT2D eigenvalue weighted by Gasteiger charge is -2.16. The van der Waals surface area contributed by atoms with Crippen LogP contribution in [0.5, 0.6) is 0 Å². The highest BCUT2D eigenvalue weighted by Gasteiger charge is 2.11. The van der Waals surface area contributed by atoms with Crippen LogP contribution in [0.15, 0.2) is 71.3 Å². The molecule has 0 aliphatic rings. The van der Waals surface area contributed by atoms with Crippen LogP contribution in [0, 0.1) is 0 Å². The second kappa shape index (κ2) is 7.59. The molecule has 3 rings (SSSR count). The van der Waals surface area contributed by atoms with E-state index in [0.717, 1.165) is 29.9 Å². The van der Waals surface area contributed by atoms with Gasteiger partial charge in [-0.2, -0.15) is 0 Å². The molecular formula is C20H20N2O2. The Balaban J connectivity index is 1.52. The average Bonchev–Trinajstić information content (AvgIpc) is 3.11. The first-order valence-electron chi connectivity index (χ1n) is 8.05. The van der Waals surface area contributed by atoms with Gasteiger partial charge in [0.1, 0.15) is 11.5 Å². The first-order chi connectivity index (χ1) is 11.7. The van der Waals surface area contributed by atoms with Gasteiger partial charge in [0.25, 0.3) is 5.91 Å². The van der Waals surface area contributed by atoms with Gasteiger partial charge in [-0.05, 0) is 18.6 Å². The Labute approximate surface area is 141 Å². The number of nitrogens with zero attached hydrogens (tertiary/aromatic N) is 2. The first kappa shape index (κ1) is 16.0. The van der Waals surface area contributed by atoms with E-state index in [4.69, 9.17) is 4.52 Å². The number of amides is 1. The van der Waals surface area contributed by atoms with Gasteiger partial charge in [-0.1, -0.05) is 53.7 Å². The van der Waals surface area contributed by atoms with Gasteiger partial charge in [0.15, 0.2) is 0 Å². The third-order valence-electron chi connectivity index (χ3n) is 3.91. The molecule has 0 unspecified atom stereocenters. The molecule has 0 spiro atoms. The minimum absolute atomic E-state index is 0.0399. The van der Waals surface area contributed by atoms with Crippen LogP contribution in [-0.2, 0) is 6.42 Å². The lowest BCUT2D eigenvalue weighted by molar-refractivity contribution is 0.0793. The SMILES string of the molecule is CN(CCCc1cc(-c2ccccc2)no1)C(=O)c1ccccc1. The Bertz CT molecular complexity index is 782. The summed E-state index contributed by atoms with van der Waals surface area (Å²) in [5.41, 5.74) is 2.61. The summed E-state index contributed by atoms with van der Waals surface area (Å²) in [6.07, 6.45) is 1.59. The van der Waals surface area contributed by atoms with Crippen LogP contribution in [0.4, 0.5) is 0 Å². The third-order valence-corrected chi connectivity index (χ3v) is 3.91. The van der Waals surface area contributed by atoms with Crippen molar-refractivity contribution >= 4 is 5.91 Å². The van der Waals surface area contributed by atoms with E-state index in [1.165, 1.54) is 0 Å². The highest BCUT2D eigenvalue weighted by Crippen LogP contribution is 2.19. The van der Waals surface area contributed by atoms with Crippen molar-refractivity contribution in [3.63, 3.8) is 0 Å².